The third kappa shape index (κ3) is 2.08. The monoisotopic (exact) mass is 276 g/mol. The minimum atomic E-state index is 0.346. The number of imidazole rings is 1. The highest BCUT2D eigenvalue weighted by molar-refractivity contribution is 6.16. The molecule has 0 aliphatic carbocycles. The molecule has 3 rings (SSSR count). The maximum Gasteiger partial charge on any atom is 0.146 e. The van der Waals surface area contributed by atoms with E-state index in [2.05, 4.69) is 4.98 Å². The molecule has 1 aromatic carbocycles. The van der Waals surface area contributed by atoms with Crippen LogP contribution in [-0.4, -0.2) is 16.7 Å². The van der Waals surface area contributed by atoms with Crippen molar-refractivity contribution in [2.75, 3.05) is 7.11 Å². The van der Waals surface area contributed by atoms with Gasteiger partial charge in [-0.1, -0.05) is 6.07 Å². The summed E-state index contributed by atoms with van der Waals surface area (Å²) < 4.78 is 12.8. The SMILES string of the molecule is COc1cccc2c1nc(CCl)n2Cc1ccco1. The Balaban J connectivity index is 2.16. The molecule has 0 N–H and O–H groups in total. The predicted molar refractivity (Wildman–Crippen MR) is 73.7 cm³/mol. The second-order valence-electron chi connectivity index (χ2n) is 4.16. The molecule has 2 aromatic heterocycles. The highest BCUT2D eigenvalue weighted by Crippen LogP contribution is 2.27. The van der Waals surface area contributed by atoms with Gasteiger partial charge in [-0.2, -0.15) is 0 Å². The summed E-state index contributed by atoms with van der Waals surface area (Å²) in [7, 11) is 1.64. The molecule has 0 aliphatic heterocycles. The van der Waals surface area contributed by atoms with E-state index >= 15 is 0 Å². The molecule has 3 aromatic rings. The molecular formula is C14H13ClN2O2. The first-order valence-corrected chi connectivity index (χ1v) is 6.47. The number of nitrogens with zero attached hydrogens (tertiary/aromatic N) is 2. The van der Waals surface area contributed by atoms with Gasteiger partial charge in [0.1, 0.15) is 22.9 Å². The van der Waals surface area contributed by atoms with Crippen molar-refractivity contribution < 1.29 is 9.15 Å². The Labute approximate surface area is 115 Å². The van der Waals surface area contributed by atoms with Gasteiger partial charge in [0.2, 0.25) is 0 Å². The minimum absolute atomic E-state index is 0.346. The van der Waals surface area contributed by atoms with Crippen LogP contribution in [0.4, 0.5) is 0 Å². The van der Waals surface area contributed by atoms with Crippen LogP contribution in [0.1, 0.15) is 11.6 Å². The first-order valence-electron chi connectivity index (χ1n) is 5.94. The Kier molecular flexibility index (Phi) is 3.17. The number of hydrogen-bond donors (Lipinski definition) is 0. The summed E-state index contributed by atoms with van der Waals surface area (Å²) in [5.74, 6) is 2.77. The zero-order valence-electron chi connectivity index (χ0n) is 10.5. The van der Waals surface area contributed by atoms with Crippen molar-refractivity contribution in [3.63, 3.8) is 0 Å². The van der Waals surface area contributed by atoms with Gasteiger partial charge in [0.15, 0.2) is 0 Å². The van der Waals surface area contributed by atoms with Crippen LogP contribution in [0, 0.1) is 0 Å². The van der Waals surface area contributed by atoms with Crippen LogP contribution in [0.3, 0.4) is 0 Å². The van der Waals surface area contributed by atoms with Crippen molar-refractivity contribution in [3.05, 3.63) is 48.2 Å². The molecule has 0 saturated heterocycles. The number of alkyl halides is 1. The van der Waals surface area contributed by atoms with Gasteiger partial charge in [0, 0.05) is 0 Å². The molecule has 5 heteroatoms. The molecule has 19 heavy (non-hydrogen) atoms. The smallest absolute Gasteiger partial charge is 0.146 e. The van der Waals surface area contributed by atoms with Gasteiger partial charge in [0.25, 0.3) is 0 Å². The Hall–Kier alpha value is -1.94. The van der Waals surface area contributed by atoms with Gasteiger partial charge in [-0.3, -0.25) is 0 Å². The van der Waals surface area contributed by atoms with Crippen LogP contribution in [0.15, 0.2) is 41.0 Å². The Morgan fingerprint density at radius 3 is 2.89 bits per heavy atom. The predicted octanol–water partition coefficient (Wildman–Crippen LogP) is 3.43. The standard InChI is InChI=1S/C14H13ClN2O2/c1-18-12-6-2-5-11-14(12)16-13(8-15)17(11)9-10-4-3-7-19-10/h2-7H,8-9H2,1H3. The lowest BCUT2D eigenvalue weighted by Crippen LogP contribution is -2.02. The van der Waals surface area contributed by atoms with Crippen molar-refractivity contribution in [2.45, 2.75) is 12.4 Å². The number of methoxy groups -OCH3 is 1. The maximum atomic E-state index is 5.98. The molecule has 0 atom stereocenters. The summed E-state index contributed by atoms with van der Waals surface area (Å²) in [5, 5.41) is 0. The summed E-state index contributed by atoms with van der Waals surface area (Å²) >= 11 is 5.98. The summed E-state index contributed by atoms with van der Waals surface area (Å²) in [5.41, 5.74) is 1.82. The minimum Gasteiger partial charge on any atom is -0.494 e. The fraction of sp³-hybridized carbons (Fsp3) is 0.214. The number of aromatic nitrogens is 2. The van der Waals surface area contributed by atoms with Crippen LogP contribution in [0.5, 0.6) is 5.75 Å². The van der Waals surface area contributed by atoms with E-state index in [-0.39, 0.29) is 0 Å². The van der Waals surface area contributed by atoms with Crippen molar-refractivity contribution in [1.82, 2.24) is 9.55 Å². The van der Waals surface area contributed by atoms with Crippen LogP contribution >= 0.6 is 11.6 Å². The maximum absolute atomic E-state index is 5.98. The van der Waals surface area contributed by atoms with Gasteiger partial charge in [-0.15, -0.1) is 11.6 Å². The molecule has 0 radical (unpaired) electrons. The Morgan fingerprint density at radius 2 is 2.21 bits per heavy atom. The molecule has 0 saturated carbocycles. The third-order valence-electron chi connectivity index (χ3n) is 3.05. The summed E-state index contributed by atoms with van der Waals surface area (Å²) in [6.45, 7) is 0.610. The lowest BCUT2D eigenvalue weighted by Gasteiger charge is -2.05. The number of para-hydroxylation sites is 1. The molecule has 0 aliphatic rings. The van der Waals surface area contributed by atoms with Crippen LogP contribution in [0.2, 0.25) is 0 Å². The molecule has 0 bridgehead atoms. The van der Waals surface area contributed by atoms with Crippen molar-refractivity contribution in [1.29, 1.82) is 0 Å². The number of halogens is 1. The van der Waals surface area contributed by atoms with Crippen molar-refractivity contribution >= 4 is 22.6 Å². The van der Waals surface area contributed by atoms with E-state index in [0.717, 1.165) is 28.4 Å². The van der Waals surface area contributed by atoms with Gasteiger partial charge in [-0.05, 0) is 24.3 Å². The molecule has 0 fully saturated rings. The molecule has 0 spiro atoms. The van der Waals surface area contributed by atoms with Crippen LogP contribution in [0.25, 0.3) is 11.0 Å². The van der Waals surface area contributed by atoms with Crippen molar-refractivity contribution in [3.8, 4) is 5.75 Å². The second-order valence-corrected chi connectivity index (χ2v) is 4.42. The Morgan fingerprint density at radius 1 is 1.32 bits per heavy atom. The molecule has 98 valence electrons. The van der Waals surface area contributed by atoms with E-state index < -0.39 is 0 Å². The normalized spacial score (nSPS) is 11.1. The van der Waals surface area contributed by atoms with E-state index in [0.29, 0.717) is 12.4 Å². The molecule has 2 heterocycles. The number of rotatable bonds is 4. The number of furan rings is 1. The molecule has 0 amide bonds. The van der Waals surface area contributed by atoms with Gasteiger partial charge in [0.05, 0.1) is 31.3 Å². The number of benzene rings is 1. The zero-order valence-corrected chi connectivity index (χ0v) is 11.2. The van der Waals surface area contributed by atoms with Gasteiger partial charge in [-0.25, -0.2) is 4.98 Å². The molecule has 4 nitrogen and oxygen atoms in total. The van der Waals surface area contributed by atoms with E-state index in [4.69, 9.17) is 20.8 Å². The Bertz CT molecular complexity index is 689. The lowest BCUT2D eigenvalue weighted by atomic mass is 10.3. The van der Waals surface area contributed by atoms with Gasteiger partial charge >= 0.3 is 0 Å². The van der Waals surface area contributed by atoms with Crippen LogP contribution < -0.4 is 4.74 Å². The van der Waals surface area contributed by atoms with E-state index in [9.17, 15) is 0 Å². The van der Waals surface area contributed by atoms with E-state index in [1.807, 2.05) is 34.9 Å². The zero-order chi connectivity index (χ0) is 13.2. The van der Waals surface area contributed by atoms with E-state index in [1.165, 1.54) is 0 Å². The molecule has 0 unspecified atom stereocenters. The highest BCUT2D eigenvalue weighted by Gasteiger charge is 2.14. The van der Waals surface area contributed by atoms with E-state index in [1.54, 1.807) is 13.4 Å². The average molecular weight is 277 g/mol. The fourth-order valence-corrected chi connectivity index (χ4v) is 2.37. The summed E-state index contributed by atoms with van der Waals surface area (Å²) in [6.07, 6.45) is 1.66. The first-order chi connectivity index (χ1) is 9.33. The summed E-state index contributed by atoms with van der Waals surface area (Å²) in [6, 6.07) is 9.65. The average Bonchev–Trinajstić information content (AvgIpc) is 3.07. The van der Waals surface area contributed by atoms with Crippen LogP contribution in [-0.2, 0) is 12.4 Å². The second kappa shape index (κ2) is 4.97. The lowest BCUT2D eigenvalue weighted by molar-refractivity contribution is 0.419. The number of fused-ring (bicyclic) bond motifs is 1. The highest BCUT2D eigenvalue weighted by atomic mass is 35.5. The number of hydrogen-bond acceptors (Lipinski definition) is 3. The summed E-state index contributed by atoms with van der Waals surface area (Å²) in [4.78, 5) is 4.55. The fourth-order valence-electron chi connectivity index (χ4n) is 2.17. The quantitative estimate of drug-likeness (QED) is 0.686. The largest absolute Gasteiger partial charge is 0.494 e. The first kappa shape index (κ1) is 12.1. The topological polar surface area (TPSA) is 40.2 Å². The van der Waals surface area contributed by atoms with Crippen molar-refractivity contribution in [2.24, 2.45) is 0 Å². The van der Waals surface area contributed by atoms with Gasteiger partial charge < -0.3 is 13.7 Å². The number of ether oxygens (including phenoxy) is 1. The third-order valence-corrected chi connectivity index (χ3v) is 3.29. The molecular weight excluding hydrogens is 264 g/mol.